The van der Waals surface area contributed by atoms with Gasteiger partial charge < -0.3 is 65.4 Å². The van der Waals surface area contributed by atoms with Crippen LogP contribution in [0.1, 0.15) is 169 Å². The van der Waals surface area contributed by atoms with Crippen LogP contribution in [0, 0.1) is 41.4 Å². The van der Waals surface area contributed by atoms with Crippen LogP contribution in [0.5, 0.6) is 0 Å². The number of ether oxygens (including phenoxy) is 1. The summed E-state index contributed by atoms with van der Waals surface area (Å²) in [4.78, 5) is 181. The molecule has 510 valence electrons. The second kappa shape index (κ2) is 37.1. The molecule has 1 aliphatic heterocycles. The van der Waals surface area contributed by atoms with Gasteiger partial charge in [-0.3, -0.25) is 57.5 Å². The Bertz CT molecular complexity index is 2420. The number of rotatable bonds is 18. The molecule has 0 aromatic carbocycles. The molecule has 0 saturated carbocycles. The summed E-state index contributed by atoms with van der Waals surface area (Å²) in [5, 5.41) is 23.2. The topological polar surface area (TPSA) is 305 Å². The van der Waals surface area contributed by atoms with E-state index in [9.17, 15) is 48.3 Å². The molecule has 25 nitrogen and oxygen atoms in total. The molecule has 0 aromatic rings. The van der Waals surface area contributed by atoms with Crippen LogP contribution in [0.15, 0.2) is 0 Å². The van der Waals surface area contributed by atoms with Crippen molar-refractivity contribution in [3.63, 3.8) is 0 Å². The zero-order valence-corrected chi connectivity index (χ0v) is 58.3. The number of hydrogen-bond acceptors (Lipinski definition) is 14. The Labute approximate surface area is 531 Å². The molecule has 12 atom stereocenters. The van der Waals surface area contributed by atoms with Crippen molar-refractivity contribution in [1.82, 2.24) is 55.6 Å². The molecule has 0 aliphatic carbocycles. The number of hydrogen-bond donors (Lipinski definition) is 5. The summed E-state index contributed by atoms with van der Waals surface area (Å²) in [6, 6.07) is -12.7. The molecular weight excluding hydrogens is 1150 g/mol. The van der Waals surface area contributed by atoms with Crippen LogP contribution in [0.2, 0.25) is 0 Å². The minimum atomic E-state index is -1.70. The molecule has 0 aromatic heterocycles. The number of carbonyl (C=O) groups is 12. The predicted molar refractivity (Wildman–Crippen MR) is 339 cm³/mol. The average molecular weight is 1260 g/mol. The molecule has 1 aliphatic rings. The van der Waals surface area contributed by atoms with Gasteiger partial charge in [-0.15, -0.1) is 0 Å². The van der Waals surface area contributed by atoms with Gasteiger partial charge in [0.25, 0.3) is 0 Å². The number of carbonyl (C=O) groups excluding carboxylic acids is 12. The van der Waals surface area contributed by atoms with Crippen LogP contribution >= 0.6 is 0 Å². The number of esters is 1. The standard InChI is InChI=1S/C64H115N11O14/c1-25-44-60(84)69(18)34-49(76)70(19)45(30-35(3)4)57(81)68-51(39(11)12)63(87)71(20)46(31-36(5)6)56(80)65-42(16)55(79)66-43(17)59(83)72(21)47(32-37(7)8)61(85)73(22)48(33-38(9)10)62(86)74(23)52(40(13)14)64(88)75(24)53(58(82)67-44)54(78)41(15)28-27-29-50(77)89-26-2/h35-48,51-54,78H,25-34H2,1-24H3,(H,65,80)(H,66,79)(H,67,82)(H,68,81)/t41-,42-,43+,44-,45+,46-,47+,48+,51+,52-,53+,54-/m1/s1. The number of aliphatic hydroxyl groups is 1. The highest BCUT2D eigenvalue weighted by molar-refractivity contribution is 5.99. The SMILES string of the molecule is CCOC(=O)CCC[C@@H](C)[C@@H](O)[C@H]1C(=O)N[C@H](CC)C(=O)N(C)CC(=O)N(C)[C@@H](CC(C)C)C(=O)N[C@@H](C(C)C)C(=O)N(C)[C@H](CC(C)C)C(=O)N[C@H](C)C(=O)N[C@@H](C)C(=O)N(C)[C@@H](CC(C)C)C(=O)N(C)[C@@H](CC(C)C)C(=O)N(C)[C@H](C(C)C)C(=O)N1C. The maximum atomic E-state index is 15.2. The van der Waals surface area contributed by atoms with E-state index in [1.807, 2.05) is 55.4 Å². The average Bonchev–Trinajstić information content (AvgIpc) is 0.954. The molecule has 0 radical (unpaired) electrons. The fourth-order valence-corrected chi connectivity index (χ4v) is 11.2. The van der Waals surface area contributed by atoms with Crippen LogP contribution in [-0.2, 0) is 62.3 Å². The fraction of sp³-hybridized carbons (Fsp3) is 0.812. The van der Waals surface area contributed by atoms with Gasteiger partial charge in [0, 0.05) is 55.8 Å². The third-order valence-electron chi connectivity index (χ3n) is 16.7. The molecular formula is C64H115N11O14. The lowest BCUT2D eigenvalue weighted by Crippen LogP contribution is -2.63. The van der Waals surface area contributed by atoms with Crippen molar-refractivity contribution in [3.05, 3.63) is 0 Å². The Morgan fingerprint density at radius 3 is 1.37 bits per heavy atom. The Kier molecular flexibility index (Phi) is 33.6. The highest BCUT2D eigenvalue weighted by atomic mass is 16.5. The lowest BCUT2D eigenvalue weighted by atomic mass is 9.90. The fourth-order valence-electron chi connectivity index (χ4n) is 11.2. The molecule has 1 rings (SSSR count). The van der Waals surface area contributed by atoms with E-state index < -0.39 is 162 Å². The first-order valence-electron chi connectivity index (χ1n) is 32.0. The summed E-state index contributed by atoms with van der Waals surface area (Å²) < 4.78 is 5.10. The van der Waals surface area contributed by atoms with E-state index in [4.69, 9.17) is 4.74 Å². The van der Waals surface area contributed by atoms with Crippen LogP contribution in [-0.4, -0.2) is 239 Å². The molecule has 0 spiro atoms. The molecule has 5 N–H and O–H groups in total. The Morgan fingerprint density at radius 1 is 0.483 bits per heavy atom. The van der Waals surface area contributed by atoms with Crippen LogP contribution < -0.4 is 21.3 Å². The van der Waals surface area contributed by atoms with Crippen molar-refractivity contribution in [3.8, 4) is 0 Å². The van der Waals surface area contributed by atoms with E-state index in [-0.39, 0.29) is 81.6 Å². The first-order chi connectivity index (χ1) is 41.1. The zero-order valence-electron chi connectivity index (χ0n) is 58.3. The molecule has 11 amide bonds. The largest absolute Gasteiger partial charge is 0.466 e. The van der Waals surface area contributed by atoms with Crippen LogP contribution in [0.25, 0.3) is 0 Å². The van der Waals surface area contributed by atoms with Crippen molar-refractivity contribution < 1.29 is 67.4 Å². The van der Waals surface area contributed by atoms with Crippen molar-refractivity contribution >= 4 is 70.9 Å². The van der Waals surface area contributed by atoms with Gasteiger partial charge in [-0.2, -0.15) is 0 Å². The van der Waals surface area contributed by atoms with Gasteiger partial charge >= 0.3 is 5.97 Å². The predicted octanol–water partition coefficient (Wildman–Crippen LogP) is 3.04. The summed E-state index contributed by atoms with van der Waals surface area (Å²) in [5.74, 6) is -10.7. The summed E-state index contributed by atoms with van der Waals surface area (Å²) in [6.07, 6.45) is -0.616. The minimum Gasteiger partial charge on any atom is -0.466 e. The third kappa shape index (κ3) is 23.4. The molecule has 89 heavy (non-hydrogen) atoms. The van der Waals surface area contributed by atoms with Crippen molar-refractivity contribution in [2.24, 2.45) is 41.4 Å². The maximum absolute atomic E-state index is 15.2. The lowest BCUT2D eigenvalue weighted by Gasteiger charge is -2.41. The smallest absolute Gasteiger partial charge is 0.305 e. The van der Waals surface area contributed by atoms with Crippen molar-refractivity contribution in [2.75, 3.05) is 62.5 Å². The number of aliphatic hydroxyl groups excluding tert-OH is 1. The van der Waals surface area contributed by atoms with Gasteiger partial charge in [-0.25, -0.2) is 0 Å². The van der Waals surface area contributed by atoms with Crippen molar-refractivity contribution in [1.29, 1.82) is 0 Å². The van der Waals surface area contributed by atoms with Gasteiger partial charge in [-0.1, -0.05) is 96.9 Å². The first-order valence-corrected chi connectivity index (χ1v) is 32.0. The molecule has 25 heteroatoms. The van der Waals surface area contributed by atoms with Crippen molar-refractivity contribution in [2.45, 2.75) is 236 Å². The van der Waals surface area contributed by atoms with E-state index in [1.165, 1.54) is 87.7 Å². The molecule has 1 fully saturated rings. The number of nitrogens with zero attached hydrogens (tertiary/aromatic N) is 7. The maximum Gasteiger partial charge on any atom is 0.305 e. The van der Waals surface area contributed by atoms with E-state index in [0.717, 1.165) is 9.80 Å². The summed E-state index contributed by atoms with van der Waals surface area (Å²) in [5.41, 5.74) is 0. The van der Waals surface area contributed by atoms with Crippen LogP contribution in [0.3, 0.4) is 0 Å². The summed E-state index contributed by atoms with van der Waals surface area (Å²) >= 11 is 0. The van der Waals surface area contributed by atoms with Gasteiger partial charge in [0.2, 0.25) is 65.0 Å². The highest BCUT2D eigenvalue weighted by Crippen LogP contribution is 2.26. The van der Waals surface area contributed by atoms with E-state index in [0.29, 0.717) is 0 Å². The Morgan fingerprint density at radius 2 is 0.910 bits per heavy atom. The number of amides is 11. The third-order valence-corrected chi connectivity index (χ3v) is 16.7. The molecule has 0 unspecified atom stereocenters. The van der Waals surface area contributed by atoms with Crippen LogP contribution in [0.4, 0.5) is 0 Å². The summed E-state index contributed by atoms with van der Waals surface area (Å²) in [7, 11) is 9.78. The van der Waals surface area contributed by atoms with Gasteiger partial charge in [-0.05, 0) is 107 Å². The second-order valence-electron chi connectivity index (χ2n) is 27.0. The first kappa shape index (κ1) is 80.6. The quantitative estimate of drug-likeness (QED) is 0.123. The minimum absolute atomic E-state index is 0.0141. The highest BCUT2D eigenvalue weighted by Gasteiger charge is 2.46. The monoisotopic (exact) mass is 1260 g/mol. The normalized spacial score (nSPS) is 26.1. The molecule has 0 bridgehead atoms. The molecule has 1 heterocycles. The summed E-state index contributed by atoms with van der Waals surface area (Å²) in [6.45, 7) is 29.1. The Hall–Kier alpha value is -6.40. The van der Waals surface area contributed by atoms with Gasteiger partial charge in [0.15, 0.2) is 0 Å². The van der Waals surface area contributed by atoms with E-state index in [2.05, 4.69) is 21.3 Å². The second-order valence-corrected chi connectivity index (χ2v) is 27.0. The zero-order chi connectivity index (χ0) is 69.0. The van der Waals surface area contributed by atoms with E-state index in [1.54, 1.807) is 48.5 Å². The molecule has 1 saturated heterocycles. The lowest BCUT2D eigenvalue weighted by molar-refractivity contribution is -0.157. The number of likely N-dealkylation sites (N-methyl/N-ethyl adjacent to an activating group) is 7. The van der Waals surface area contributed by atoms with E-state index >= 15 is 14.4 Å². The van der Waals surface area contributed by atoms with Gasteiger partial charge in [0.05, 0.1) is 19.3 Å². The Balaban J connectivity index is 4.35. The van der Waals surface area contributed by atoms with Gasteiger partial charge in [0.1, 0.15) is 60.4 Å². The number of nitrogens with one attached hydrogen (secondary N) is 4.